The third-order valence-corrected chi connectivity index (χ3v) is 5.12. The van der Waals surface area contributed by atoms with Crippen molar-refractivity contribution in [2.45, 2.75) is 38.8 Å². The average molecular weight is 332 g/mol. The van der Waals surface area contributed by atoms with Crippen LogP contribution in [0, 0.1) is 11.3 Å². The molecule has 126 valence electrons. The number of fused-ring (bicyclic) bond motifs is 1. The van der Waals surface area contributed by atoms with Crippen molar-refractivity contribution in [2.24, 2.45) is 0 Å². The van der Waals surface area contributed by atoms with Gasteiger partial charge in [0.15, 0.2) is 0 Å². The number of pyridine rings is 1. The Morgan fingerprint density at radius 1 is 1.12 bits per heavy atom. The number of rotatable bonds is 2. The minimum atomic E-state index is 0.220. The summed E-state index contributed by atoms with van der Waals surface area (Å²) in [6, 6.07) is 14.0. The molecule has 3 heterocycles. The zero-order valence-corrected chi connectivity index (χ0v) is 14.3. The monoisotopic (exact) mass is 332 g/mol. The van der Waals surface area contributed by atoms with Crippen LogP contribution in [0.5, 0.6) is 5.75 Å². The van der Waals surface area contributed by atoms with Crippen molar-refractivity contribution in [3.8, 4) is 17.5 Å². The first-order chi connectivity index (χ1) is 12.1. The lowest BCUT2D eigenvalue weighted by molar-refractivity contribution is 0.475. The summed E-state index contributed by atoms with van der Waals surface area (Å²) in [5.41, 5.74) is 2.33. The lowest BCUT2D eigenvalue weighted by Gasteiger charge is -2.30. The van der Waals surface area contributed by atoms with Crippen LogP contribution in [0.15, 0.2) is 42.6 Å². The van der Waals surface area contributed by atoms with E-state index in [0.717, 1.165) is 35.4 Å². The predicted octanol–water partition coefficient (Wildman–Crippen LogP) is 3.98. The average Bonchev–Trinajstić information content (AvgIpc) is 3.12. The second-order valence-electron chi connectivity index (χ2n) is 6.72. The molecular weight excluding hydrogens is 312 g/mol. The third-order valence-electron chi connectivity index (χ3n) is 5.12. The summed E-state index contributed by atoms with van der Waals surface area (Å²) in [6.07, 6.45) is 3.97. The minimum absolute atomic E-state index is 0.220. The molecule has 1 N–H and O–H groups in total. The van der Waals surface area contributed by atoms with E-state index in [0.29, 0.717) is 17.6 Å². The van der Waals surface area contributed by atoms with E-state index in [-0.39, 0.29) is 5.75 Å². The summed E-state index contributed by atoms with van der Waals surface area (Å²) in [5, 5.41) is 20.4. The van der Waals surface area contributed by atoms with Crippen LogP contribution in [-0.4, -0.2) is 26.7 Å². The molecular formula is C20H20N4O. The highest BCUT2D eigenvalue weighted by Gasteiger charge is 2.33. The number of nitriles is 1. The van der Waals surface area contributed by atoms with Crippen molar-refractivity contribution in [1.82, 2.24) is 9.55 Å². The van der Waals surface area contributed by atoms with E-state index in [1.54, 1.807) is 18.3 Å². The van der Waals surface area contributed by atoms with Gasteiger partial charge in [0.1, 0.15) is 28.8 Å². The van der Waals surface area contributed by atoms with E-state index in [1.807, 2.05) is 28.8 Å². The number of nitrogens with zero attached hydrogens (tertiary/aromatic N) is 4. The van der Waals surface area contributed by atoms with Gasteiger partial charge in [-0.05, 0) is 63.1 Å². The van der Waals surface area contributed by atoms with Gasteiger partial charge in [0.25, 0.3) is 0 Å². The first kappa shape index (κ1) is 15.5. The molecule has 2 atom stereocenters. The Balaban J connectivity index is 2.08. The molecule has 0 spiro atoms. The minimum Gasteiger partial charge on any atom is -0.508 e. The zero-order chi connectivity index (χ0) is 17.6. The molecule has 1 aliphatic rings. The SMILES string of the molecule is CC1CCC(C)N1c1c(C#N)c2cccnc2n1-c1ccc(O)cc1. The molecule has 1 saturated heterocycles. The molecule has 0 radical (unpaired) electrons. The number of benzene rings is 1. The van der Waals surface area contributed by atoms with Crippen LogP contribution in [0.4, 0.5) is 5.82 Å². The van der Waals surface area contributed by atoms with Gasteiger partial charge in [0.2, 0.25) is 0 Å². The molecule has 25 heavy (non-hydrogen) atoms. The first-order valence-corrected chi connectivity index (χ1v) is 8.59. The number of hydrogen-bond acceptors (Lipinski definition) is 4. The number of anilines is 1. The van der Waals surface area contributed by atoms with Gasteiger partial charge in [0, 0.05) is 29.4 Å². The molecule has 1 fully saturated rings. The molecule has 3 aromatic rings. The van der Waals surface area contributed by atoms with E-state index < -0.39 is 0 Å². The van der Waals surface area contributed by atoms with Gasteiger partial charge in [-0.15, -0.1) is 0 Å². The fourth-order valence-corrected chi connectivity index (χ4v) is 3.92. The summed E-state index contributed by atoms with van der Waals surface area (Å²) in [7, 11) is 0. The van der Waals surface area contributed by atoms with Crippen molar-refractivity contribution in [2.75, 3.05) is 4.90 Å². The Labute approximate surface area is 146 Å². The Morgan fingerprint density at radius 2 is 1.80 bits per heavy atom. The van der Waals surface area contributed by atoms with Gasteiger partial charge in [-0.1, -0.05) is 0 Å². The fourth-order valence-electron chi connectivity index (χ4n) is 3.92. The Hall–Kier alpha value is -3.00. The number of aromatic hydroxyl groups is 1. The van der Waals surface area contributed by atoms with Gasteiger partial charge in [0.05, 0.1) is 0 Å². The van der Waals surface area contributed by atoms with E-state index in [4.69, 9.17) is 0 Å². The van der Waals surface area contributed by atoms with Crippen LogP contribution in [0.1, 0.15) is 32.3 Å². The molecule has 2 aromatic heterocycles. The first-order valence-electron chi connectivity index (χ1n) is 8.59. The normalized spacial score (nSPS) is 20.1. The summed E-state index contributed by atoms with van der Waals surface area (Å²) < 4.78 is 2.05. The van der Waals surface area contributed by atoms with Gasteiger partial charge < -0.3 is 10.0 Å². The van der Waals surface area contributed by atoms with Crippen LogP contribution in [0.25, 0.3) is 16.7 Å². The molecule has 5 heteroatoms. The maximum Gasteiger partial charge on any atom is 0.147 e. The molecule has 0 saturated carbocycles. The highest BCUT2D eigenvalue weighted by Crippen LogP contribution is 2.39. The van der Waals surface area contributed by atoms with Crippen molar-refractivity contribution < 1.29 is 5.11 Å². The van der Waals surface area contributed by atoms with Gasteiger partial charge in [-0.3, -0.25) is 4.57 Å². The molecule has 0 aliphatic carbocycles. The lowest BCUT2D eigenvalue weighted by Crippen LogP contribution is -2.34. The van der Waals surface area contributed by atoms with E-state index in [1.165, 1.54) is 0 Å². The van der Waals surface area contributed by atoms with E-state index in [9.17, 15) is 10.4 Å². The van der Waals surface area contributed by atoms with Crippen LogP contribution >= 0.6 is 0 Å². The number of phenols is 1. The standard InChI is InChI=1S/C20H20N4O/c1-13-5-6-14(2)23(13)20-18(12-21)17-4-3-11-22-19(17)24(20)15-7-9-16(25)10-8-15/h3-4,7-11,13-14,25H,5-6H2,1-2H3. The second-order valence-corrected chi connectivity index (χ2v) is 6.72. The maximum absolute atomic E-state index is 9.90. The van der Waals surface area contributed by atoms with Crippen molar-refractivity contribution in [1.29, 1.82) is 5.26 Å². The highest BCUT2D eigenvalue weighted by atomic mass is 16.3. The number of aromatic nitrogens is 2. The van der Waals surface area contributed by atoms with E-state index in [2.05, 4.69) is 29.8 Å². The smallest absolute Gasteiger partial charge is 0.147 e. The van der Waals surface area contributed by atoms with Crippen LogP contribution in [-0.2, 0) is 0 Å². The van der Waals surface area contributed by atoms with Crippen molar-refractivity contribution >= 4 is 16.9 Å². The molecule has 2 unspecified atom stereocenters. The van der Waals surface area contributed by atoms with Gasteiger partial charge >= 0.3 is 0 Å². The van der Waals surface area contributed by atoms with Crippen LogP contribution in [0.3, 0.4) is 0 Å². The number of phenolic OH excluding ortho intramolecular Hbond substituents is 1. The largest absolute Gasteiger partial charge is 0.508 e. The summed E-state index contributed by atoms with van der Waals surface area (Å²) >= 11 is 0. The molecule has 1 aromatic carbocycles. The quantitative estimate of drug-likeness (QED) is 0.771. The van der Waals surface area contributed by atoms with Crippen LogP contribution in [0.2, 0.25) is 0 Å². The van der Waals surface area contributed by atoms with Crippen LogP contribution < -0.4 is 4.90 Å². The fraction of sp³-hybridized carbons (Fsp3) is 0.300. The Bertz CT molecular complexity index is 958. The zero-order valence-electron chi connectivity index (χ0n) is 14.3. The molecule has 4 rings (SSSR count). The maximum atomic E-state index is 9.90. The Morgan fingerprint density at radius 3 is 2.44 bits per heavy atom. The summed E-state index contributed by atoms with van der Waals surface area (Å²) in [4.78, 5) is 6.89. The molecule has 0 bridgehead atoms. The van der Waals surface area contributed by atoms with Crippen molar-refractivity contribution in [3.05, 3.63) is 48.2 Å². The Kier molecular flexibility index (Phi) is 3.61. The molecule has 5 nitrogen and oxygen atoms in total. The topological polar surface area (TPSA) is 65.1 Å². The third kappa shape index (κ3) is 2.33. The second kappa shape index (κ2) is 5.82. The molecule has 1 aliphatic heterocycles. The summed E-state index contributed by atoms with van der Waals surface area (Å²) in [5.74, 6) is 1.12. The van der Waals surface area contributed by atoms with Gasteiger partial charge in [-0.25, -0.2) is 4.98 Å². The lowest BCUT2D eigenvalue weighted by atomic mass is 10.2. The van der Waals surface area contributed by atoms with Crippen molar-refractivity contribution in [3.63, 3.8) is 0 Å². The number of hydrogen-bond donors (Lipinski definition) is 1. The van der Waals surface area contributed by atoms with E-state index >= 15 is 0 Å². The predicted molar refractivity (Wildman–Crippen MR) is 98.1 cm³/mol. The summed E-state index contributed by atoms with van der Waals surface area (Å²) in [6.45, 7) is 4.41. The highest BCUT2D eigenvalue weighted by molar-refractivity contribution is 5.92. The van der Waals surface area contributed by atoms with Gasteiger partial charge in [-0.2, -0.15) is 5.26 Å². The molecule has 0 amide bonds.